The van der Waals surface area contributed by atoms with Crippen LogP contribution in [0.15, 0.2) is 40.4 Å². The zero-order chi connectivity index (χ0) is 24.1. The highest BCUT2D eigenvalue weighted by Crippen LogP contribution is 2.37. The molecule has 0 unspecified atom stereocenters. The Bertz CT molecular complexity index is 1120. The average Bonchev–Trinajstić information content (AvgIpc) is 3.21. The van der Waals surface area contributed by atoms with Crippen molar-refractivity contribution in [2.45, 2.75) is 49.2 Å². The van der Waals surface area contributed by atoms with E-state index in [1.54, 1.807) is 14.0 Å². The van der Waals surface area contributed by atoms with Crippen molar-refractivity contribution in [2.75, 3.05) is 37.9 Å². The molecular formula is C24H31N7O2S. The monoisotopic (exact) mass is 481 g/mol. The zero-order valence-corrected chi connectivity index (χ0v) is 20.8. The molecule has 2 aromatic heterocycles. The molecule has 1 fully saturated rings. The maximum atomic E-state index is 11.4. The van der Waals surface area contributed by atoms with Crippen LogP contribution in [0.5, 0.6) is 5.75 Å². The molecule has 0 aliphatic carbocycles. The van der Waals surface area contributed by atoms with Gasteiger partial charge < -0.3 is 20.3 Å². The molecular weight excluding hydrogens is 450 g/mol. The number of nitrogens with zero attached hydrogens (tertiary/aromatic N) is 4. The molecule has 3 N–H and O–H groups in total. The fourth-order valence-electron chi connectivity index (χ4n) is 3.87. The molecule has 34 heavy (non-hydrogen) atoms. The predicted molar refractivity (Wildman–Crippen MR) is 134 cm³/mol. The number of likely N-dealkylation sites (tertiary alicyclic amines) is 1. The first-order valence-electron chi connectivity index (χ1n) is 11.4. The average molecular weight is 482 g/mol. The van der Waals surface area contributed by atoms with E-state index in [0.717, 1.165) is 42.1 Å². The van der Waals surface area contributed by atoms with Gasteiger partial charge in [-0.3, -0.25) is 9.89 Å². The Morgan fingerprint density at radius 3 is 2.53 bits per heavy atom. The first kappa shape index (κ1) is 24.0. The second-order valence-corrected chi connectivity index (χ2v) is 9.69. The van der Waals surface area contributed by atoms with E-state index in [1.165, 1.54) is 11.8 Å². The van der Waals surface area contributed by atoms with Crippen molar-refractivity contribution in [3.63, 3.8) is 0 Å². The number of ether oxygens (including phenoxy) is 1. The highest BCUT2D eigenvalue weighted by Gasteiger charge is 2.22. The number of nitrogens with one attached hydrogen (secondary N) is 3. The van der Waals surface area contributed by atoms with Gasteiger partial charge in [-0.05, 0) is 76.3 Å². The van der Waals surface area contributed by atoms with Gasteiger partial charge in [0.15, 0.2) is 22.6 Å². The van der Waals surface area contributed by atoms with E-state index in [4.69, 9.17) is 14.7 Å². The molecule has 0 bridgehead atoms. The summed E-state index contributed by atoms with van der Waals surface area (Å²) in [5.74, 6) is 2.57. The second kappa shape index (κ2) is 10.9. The van der Waals surface area contributed by atoms with Crippen molar-refractivity contribution in [3.8, 4) is 5.75 Å². The Morgan fingerprint density at radius 1 is 1.21 bits per heavy atom. The van der Waals surface area contributed by atoms with Crippen molar-refractivity contribution in [1.82, 2.24) is 25.1 Å². The van der Waals surface area contributed by atoms with Gasteiger partial charge in [0.2, 0.25) is 5.75 Å². The van der Waals surface area contributed by atoms with Crippen LogP contribution in [0.1, 0.15) is 31.0 Å². The molecule has 0 saturated carbocycles. The number of carbonyl (C=O) groups excluding carboxylic acids is 1. The Hall–Kier alpha value is -3.11. The van der Waals surface area contributed by atoms with Crippen LogP contribution in [0.2, 0.25) is 0 Å². The number of piperidine rings is 1. The summed E-state index contributed by atoms with van der Waals surface area (Å²) in [5, 5.41) is 14.7. The van der Waals surface area contributed by atoms with Gasteiger partial charge in [-0.15, -0.1) is 0 Å². The van der Waals surface area contributed by atoms with E-state index in [9.17, 15) is 4.79 Å². The summed E-state index contributed by atoms with van der Waals surface area (Å²) < 4.78 is 5.74. The van der Waals surface area contributed by atoms with Gasteiger partial charge in [-0.2, -0.15) is 5.10 Å². The SMILES string of the molecule is COc1c(Nc2cc(C)[nH]n2)nc(Sc2ccc(CC(C)=O)cc2)nc1NC1CCN(C)CC1. The van der Waals surface area contributed by atoms with Crippen molar-refractivity contribution in [2.24, 2.45) is 0 Å². The lowest BCUT2D eigenvalue weighted by Crippen LogP contribution is -2.37. The molecule has 0 spiro atoms. The van der Waals surface area contributed by atoms with Crippen LogP contribution >= 0.6 is 11.8 Å². The van der Waals surface area contributed by atoms with Gasteiger partial charge >= 0.3 is 0 Å². The normalized spacial score (nSPS) is 14.7. The number of hydrogen-bond acceptors (Lipinski definition) is 9. The molecule has 1 aliphatic rings. The summed E-state index contributed by atoms with van der Waals surface area (Å²) in [6.45, 7) is 5.62. The van der Waals surface area contributed by atoms with Gasteiger partial charge in [-0.25, -0.2) is 9.97 Å². The van der Waals surface area contributed by atoms with Crippen LogP contribution in [0.3, 0.4) is 0 Å². The van der Waals surface area contributed by atoms with Crippen LogP contribution < -0.4 is 15.4 Å². The summed E-state index contributed by atoms with van der Waals surface area (Å²) in [6.07, 6.45) is 2.50. The second-order valence-electron chi connectivity index (χ2n) is 8.64. The number of ketones is 1. The lowest BCUT2D eigenvalue weighted by molar-refractivity contribution is -0.116. The number of aromatic nitrogens is 4. The van der Waals surface area contributed by atoms with Crippen LogP contribution in [0, 0.1) is 6.92 Å². The maximum Gasteiger partial charge on any atom is 0.204 e. The number of carbonyl (C=O) groups is 1. The highest BCUT2D eigenvalue weighted by atomic mass is 32.2. The first-order chi connectivity index (χ1) is 16.4. The highest BCUT2D eigenvalue weighted by molar-refractivity contribution is 7.99. The van der Waals surface area contributed by atoms with E-state index >= 15 is 0 Å². The number of methoxy groups -OCH3 is 1. The van der Waals surface area contributed by atoms with Gasteiger partial charge in [-0.1, -0.05) is 12.1 Å². The molecule has 3 aromatic rings. The number of anilines is 3. The standard InChI is InChI=1S/C24H31N7O2S/c1-15-13-20(30-29-15)26-23-21(33-4)22(25-18-9-11-31(3)12-10-18)27-24(28-23)34-19-7-5-17(6-8-19)14-16(2)32/h5-8,13,18H,9-12,14H2,1-4H3,(H3,25,26,27,28,29,30). The smallest absolute Gasteiger partial charge is 0.204 e. The van der Waals surface area contributed by atoms with E-state index in [0.29, 0.717) is 40.8 Å². The van der Waals surface area contributed by atoms with E-state index < -0.39 is 0 Å². The molecule has 1 aliphatic heterocycles. The van der Waals surface area contributed by atoms with Crippen molar-refractivity contribution in [3.05, 3.63) is 41.6 Å². The van der Waals surface area contributed by atoms with E-state index in [1.807, 2.05) is 37.3 Å². The molecule has 9 nitrogen and oxygen atoms in total. The van der Waals surface area contributed by atoms with Gasteiger partial charge in [0, 0.05) is 29.1 Å². The third-order valence-corrected chi connectivity index (χ3v) is 6.52. The number of benzene rings is 1. The third kappa shape index (κ3) is 6.27. The summed E-state index contributed by atoms with van der Waals surface area (Å²) in [4.78, 5) is 24.3. The molecule has 1 saturated heterocycles. The minimum absolute atomic E-state index is 0.146. The summed E-state index contributed by atoms with van der Waals surface area (Å²) in [7, 11) is 3.77. The molecule has 10 heteroatoms. The number of H-pyrrole nitrogens is 1. The summed E-state index contributed by atoms with van der Waals surface area (Å²) in [6, 6.07) is 10.1. The predicted octanol–water partition coefficient (Wildman–Crippen LogP) is 4.05. The fourth-order valence-corrected chi connectivity index (χ4v) is 4.63. The van der Waals surface area contributed by atoms with Crippen LogP contribution in [0.4, 0.5) is 17.5 Å². The number of Topliss-reactive ketones (excluding diaryl/α,β-unsaturated/α-hetero) is 1. The molecule has 4 rings (SSSR count). The Morgan fingerprint density at radius 2 is 1.91 bits per heavy atom. The summed E-state index contributed by atoms with van der Waals surface area (Å²) >= 11 is 1.46. The van der Waals surface area contributed by atoms with Gasteiger partial charge in [0.25, 0.3) is 0 Å². The number of rotatable bonds is 9. The molecule has 3 heterocycles. The van der Waals surface area contributed by atoms with Crippen LogP contribution in [-0.4, -0.2) is 64.1 Å². The molecule has 1 aromatic carbocycles. The van der Waals surface area contributed by atoms with Crippen molar-refractivity contribution in [1.29, 1.82) is 0 Å². The number of aromatic amines is 1. The molecule has 0 amide bonds. The van der Waals surface area contributed by atoms with Gasteiger partial charge in [0.05, 0.1) is 7.11 Å². The number of aryl methyl sites for hydroxylation is 1. The number of hydrogen-bond donors (Lipinski definition) is 3. The third-order valence-electron chi connectivity index (χ3n) is 5.65. The lowest BCUT2D eigenvalue weighted by atomic mass is 10.1. The van der Waals surface area contributed by atoms with Gasteiger partial charge in [0.1, 0.15) is 5.78 Å². The zero-order valence-electron chi connectivity index (χ0n) is 20.0. The van der Waals surface area contributed by atoms with Crippen molar-refractivity contribution >= 4 is 35.0 Å². The molecule has 0 atom stereocenters. The Kier molecular flexibility index (Phi) is 7.69. The fraction of sp³-hybridized carbons (Fsp3) is 0.417. The largest absolute Gasteiger partial charge is 0.490 e. The quantitative estimate of drug-likeness (QED) is 0.390. The topological polar surface area (TPSA) is 108 Å². The Labute approximate surface area is 204 Å². The molecule has 180 valence electrons. The van der Waals surface area contributed by atoms with Crippen LogP contribution in [0.25, 0.3) is 0 Å². The van der Waals surface area contributed by atoms with Crippen LogP contribution in [-0.2, 0) is 11.2 Å². The van der Waals surface area contributed by atoms with E-state index in [-0.39, 0.29) is 5.78 Å². The maximum absolute atomic E-state index is 11.4. The summed E-state index contributed by atoms with van der Waals surface area (Å²) in [5.41, 5.74) is 1.94. The Balaban J connectivity index is 1.62. The van der Waals surface area contributed by atoms with E-state index in [2.05, 4.69) is 32.8 Å². The van der Waals surface area contributed by atoms with Crippen molar-refractivity contribution < 1.29 is 9.53 Å². The lowest BCUT2D eigenvalue weighted by Gasteiger charge is -2.30. The minimum Gasteiger partial charge on any atom is -0.490 e. The minimum atomic E-state index is 0.146. The first-order valence-corrected chi connectivity index (χ1v) is 12.2. The molecule has 0 radical (unpaired) electrons.